The first-order valence-corrected chi connectivity index (χ1v) is 15.3. The number of para-hydroxylation sites is 1. The van der Waals surface area contributed by atoms with E-state index in [1.807, 2.05) is 9.80 Å². The molecule has 7 nitrogen and oxygen atoms in total. The van der Waals surface area contributed by atoms with Gasteiger partial charge in [-0.3, -0.25) is 14.4 Å². The van der Waals surface area contributed by atoms with Gasteiger partial charge in [-0.15, -0.1) is 0 Å². The minimum Gasteiger partial charge on any atom is -0.493 e. The first kappa shape index (κ1) is 27.6. The molecule has 4 saturated carbocycles. The third kappa shape index (κ3) is 3.85. The van der Waals surface area contributed by atoms with E-state index in [4.69, 9.17) is 9.47 Å². The second-order valence-electron chi connectivity index (χ2n) is 14.3. The summed E-state index contributed by atoms with van der Waals surface area (Å²) in [6, 6.07) is 5.36. The normalized spacial score (nSPS) is 38.9. The zero-order chi connectivity index (χ0) is 28.5. The summed E-state index contributed by atoms with van der Waals surface area (Å²) in [7, 11) is 3.12. The van der Waals surface area contributed by atoms with E-state index in [1.54, 1.807) is 32.4 Å². The summed E-state index contributed by atoms with van der Waals surface area (Å²) in [6.07, 6.45) is 9.28. The van der Waals surface area contributed by atoms with Crippen LogP contribution in [0.2, 0.25) is 0 Å². The van der Waals surface area contributed by atoms with E-state index in [9.17, 15) is 14.4 Å². The van der Waals surface area contributed by atoms with Crippen molar-refractivity contribution in [2.45, 2.75) is 78.6 Å². The molecule has 0 aromatic heterocycles. The minimum atomic E-state index is -0.389. The third-order valence-corrected chi connectivity index (χ3v) is 12.3. The van der Waals surface area contributed by atoms with Gasteiger partial charge in [0.25, 0.3) is 5.91 Å². The number of methoxy groups -OCH3 is 2. The highest BCUT2D eigenvalue weighted by Crippen LogP contribution is 2.73. The predicted octanol–water partition coefficient (Wildman–Crippen LogP) is 5.36. The topological polar surface area (TPSA) is 76.2 Å². The van der Waals surface area contributed by atoms with Crippen molar-refractivity contribution in [1.29, 1.82) is 0 Å². The molecule has 1 heterocycles. The summed E-state index contributed by atoms with van der Waals surface area (Å²) in [5.74, 6) is 2.54. The number of rotatable bonds is 4. The lowest BCUT2D eigenvalue weighted by atomic mass is 9.40. The lowest BCUT2D eigenvalue weighted by molar-refractivity contribution is -0.178. The quantitative estimate of drug-likeness (QED) is 0.505. The Labute approximate surface area is 238 Å². The second kappa shape index (κ2) is 9.49. The molecule has 218 valence electrons. The summed E-state index contributed by atoms with van der Waals surface area (Å²) < 4.78 is 10.9. The summed E-state index contributed by atoms with van der Waals surface area (Å²) in [4.78, 5) is 44.7. The number of Topliss-reactive ketones (excluding diaryl/α,β-unsaturated/α-hetero) is 1. The molecule has 2 amide bonds. The molecule has 2 bridgehead atoms. The molecular weight excluding hydrogens is 504 g/mol. The molecule has 5 aliphatic rings. The molecule has 6 atom stereocenters. The van der Waals surface area contributed by atoms with Crippen LogP contribution in [-0.2, 0) is 9.59 Å². The Morgan fingerprint density at radius 2 is 1.57 bits per heavy atom. The van der Waals surface area contributed by atoms with Gasteiger partial charge in [0.1, 0.15) is 5.78 Å². The van der Waals surface area contributed by atoms with E-state index in [0.717, 1.165) is 51.4 Å². The van der Waals surface area contributed by atoms with Crippen molar-refractivity contribution in [3.8, 4) is 11.5 Å². The van der Waals surface area contributed by atoms with Crippen LogP contribution >= 0.6 is 0 Å². The molecule has 4 aliphatic carbocycles. The monoisotopic (exact) mass is 550 g/mol. The van der Waals surface area contributed by atoms with Gasteiger partial charge >= 0.3 is 0 Å². The maximum absolute atomic E-state index is 14.4. The van der Waals surface area contributed by atoms with Crippen molar-refractivity contribution in [2.24, 2.45) is 33.5 Å². The zero-order valence-corrected chi connectivity index (χ0v) is 25.0. The van der Waals surface area contributed by atoms with Crippen molar-refractivity contribution in [3.05, 3.63) is 23.8 Å². The number of nitrogens with zero attached hydrogens (tertiary/aromatic N) is 2. The number of carbonyl (C=O) groups is 3. The molecule has 0 unspecified atom stereocenters. The lowest BCUT2D eigenvalue weighted by Gasteiger charge is -2.64. The van der Waals surface area contributed by atoms with E-state index < -0.39 is 0 Å². The van der Waals surface area contributed by atoms with Crippen LogP contribution in [0.1, 0.15) is 88.9 Å². The number of hydrogen-bond donors (Lipinski definition) is 0. The molecule has 0 radical (unpaired) electrons. The standard InChI is InChI=1S/C33H46N2O5/c1-30-14-10-25-31(2)12-7-13-32(3,24(31)11-15-33(25,21-30)20-26(30)36)29(38)35-18-16-34(17-19-35)28(37)22-8-6-9-23(39-4)27(22)40-5/h6,8-9,24-25H,7,10-21H2,1-5H3/t24-,25-,30-,31+,32+,33-/m0/s1. The van der Waals surface area contributed by atoms with Crippen LogP contribution in [0.4, 0.5) is 0 Å². The number of hydrogen-bond acceptors (Lipinski definition) is 5. The van der Waals surface area contributed by atoms with Crippen LogP contribution in [0.15, 0.2) is 18.2 Å². The maximum atomic E-state index is 14.4. The Balaban J connectivity index is 1.17. The number of ether oxygens (including phenoxy) is 2. The van der Waals surface area contributed by atoms with Crippen molar-refractivity contribution >= 4 is 17.6 Å². The molecule has 1 spiro atoms. The minimum absolute atomic E-state index is 0.0905. The van der Waals surface area contributed by atoms with Gasteiger partial charge in [-0.1, -0.05) is 33.3 Å². The number of amides is 2. The van der Waals surface area contributed by atoms with Gasteiger partial charge in [-0.2, -0.15) is 0 Å². The van der Waals surface area contributed by atoms with Crippen molar-refractivity contribution in [3.63, 3.8) is 0 Å². The van der Waals surface area contributed by atoms with Crippen molar-refractivity contribution in [2.75, 3.05) is 40.4 Å². The van der Waals surface area contributed by atoms with Gasteiger partial charge in [0.05, 0.1) is 19.8 Å². The number of piperazine rings is 1. The highest BCUT2D eigenvalue weighted by atomic mass is 16.5. The Morgan fingerprint density at radius 1 is 0.875 bits per heavy atom. The zero-order valence-electron chi connectivity index (χ0n) is 25.0. The predicted molar refractivity (Wildman–Crippen MR) is 152 cm³/mol. The highest BCUT2D eigenvalue weighted by molar-refractivity contribution is 5.98. The smallest absolute Gasteiger partial charge is 0.257 e. The molecule has 1 aromatic carbocycles. The first-order valence-electron chi connectivity index (χ1n) is 15.3. The molecule has 0 N–H and O–H groups in total. The summed E-state index contributed by atoms with van der Waals surface area (Å²) >= 11 is 0. The van der Waals surface area contributed by atoms with Gasteiger partial charge in [0.2, 0.25) is 5.91 Å². The first-order chi connectivity index (χ1) is 19.0. The fourth-order valence-electron chi connectivity index (χ4n) is 10.5. The Morgan fingerprint density at radius 3 is 2.27 bits per heavy atom. The fourth-order valence-corrected chi connectivity index (χ4v) is 10.5. The molecule has 1 saturated heterocycles. The summed E-state index contributed by atoms with van der Waals surface area (Å²) in [5, 5.41) is 0. The number of ketones is 1. The van der Waals surface area contributed by atoms with E-state index in [2.05, 4.69) is 20.8 Å². The summed E-state index contributed by atoms with van der Waals surface area (Å²) in [5.41, 5.74) is 0.249. The highest BCUT2D eigenvalue weighted by Gasteiger charge is 2.68. The molecular formula is C33H46N2O5. The average Bonchev–Trinajstić information content (AvgIpc) is 3.13. The van der Waals surface area contributed by atoms with Crippen LogP contribution in [0.3, 0.4) is 0 Å². The molecule has 1 aromatic rings. The van der Waals surface area contributed by atoms with Gasteiger partial charge in [0.15, 0.2) is 11.5 Å². The number of carbonyl (C=O) groups excluding carboxylic acids is 3. The van der Waals surface area contributed by atoms with E-state index in [-0.39, 0.29) is 33.5 Å². The van der Waals surface area contributed by atoms with Crippen LogP contribution in [0.25, 0.3) is 0 Å². The fraction of sp³-hybridized carbons (Fsp3) is 0.727. The largest absolute Gasteiger partial charge is 0.493 e. The van der Waals surface area contributed by atoms with E-state index in [1.165, 1.54) is 6.42 Å². The maximum Gasteiger partial charge on any atom is 0.257 e. The number of fused-ring (bicyclic) bond motifs is 3. The second-order valence-corrected chi connectivity index (χ2v) is 14.3. The van der Waals surface area contributed by atoms with Crippen LogP contribution in [0, 0.1) is 33.5 Å². The van der Waals surface area contributed by atoms with Crippen LogP contribution < -0.4 is 9.47 Å². The molecule has 1 aliphatic heterocycles. The lowest BCUT2D eigenvalue weighted by Crippen LogP contribution is -2.62. The molecule has 7 heteroatoms. The molecule has 40 heavy (non-hydrogen) atoms. The van der Waals surface area contributed by atoms with E-state index >= 15 is 0 Å². The third-order valence-electron chi connectivity index (χ3n) is 12.3. The molecule has 5 fully saturated rings. The molecule has 6 rings (SSSR count). The Bertz CT molecular complexity index is 1220. The van der Waals surface area contributed by atoms with E-state index in [0.29, 0.717) is 60.9 Å². The Kier molecular flexibility index (Phi) is 6.54. The SMILES string of the molecule is COc1cccc(C(=O)N2CCN(C(=O)[C@]3(C)CCC[C@@]4(C)[C@@H]5CC[C@@]6(C)C[C@]5(CC[C@@H]43)CC6=O)CC2)c1OC. The number of benzene rings is 1. The van der Waals surface area contributed by atoms with Crippen molar-refractivity contribution in [1.82, 2.24) is 9.80 Å². The average molecular weight is 551 g/mol. The van der Waals surface area contributed by atoms with Gasteiger partial charge in [0, 0.05) is 43.4 Å². The van der Waals surface area contributed by atoms with Crippen LogP contribution in [-0.4, -0.2) is 67.8 Å². The summed E-state index contributed by atoms with van der Waals surface area (Å²) in [6.45, 7) is 9.03. The Hall–Kier alpha value is -2.57. The van der Waals surface area contributed by atoms with Gasteiger partial charge in [-0.25, -0.2) is 0 Å². The van der Waals surface area contributed by atoms with Gasteiger partial charge in [-0.05, 0) is 79.7 Å². The van der Waals surface area contributed by atoms with Gasteiger partial charge < -0.3 is 19.3 Å². The van der Waals surface area contributed by atoms with Crippen molar-refractivity contribution < 1.29 is 23.9 Å². The van der Waals surface area contributed by atoms with Crippen LogP contribution in [0.5, 0.6) is 11.5 Å².